The topological polar surface area (TPSA) is 19.4 Å². The molecule has 4 heterocycles. The monoisotopic (exact) mass is 1250 g/mol. The van der Waals surface area contributed by atoms with Crippen molar-refractivity contribution in [2.75, 3.05) is 29.4 Å². The molecule has 6 nitrogen and oxygen atoms in total. The van der Waals surface area contributed by atoms with E-state index >= 15 is 0 Å². The largest absolute Gasteiger partial charge is 0.311 e. The normalized spacial score (nSPS) is 12.8. The first-order valence-corrected chi connectivity index (χ1v) is 33.8. The highest BCUT2D eigenvalue weighted by atomic mass is 15.2. The number of hydrogen-bond donors (Lipinski definition) is 0. The Bertz CT molecular complexity index is 5090. The molecule has 15 aromatic rings. The molecule has 0 aromatic heterocycles. The van der Waals surface area contributed by atoms with Crippen LogP contribution in [0.4, 0.5) is 102 Å². The van der Waals surface area contributed by atoms with Gasteiger partial charge in [-0.3, -0.25) is 0 Å². The van der Waals surface area contributed by atoms with Crippen LogP contribution in [0, 0.1) is 0 Å². The number of hydrogen-bond acceptors (Lipinski definition) is 6. The van der Waals surface area contributed by atoms with E-state index in [1.165, 1.54) is 38.3 Å². The molecule has 0 fully saturated rings. The molecule has 0 unspecified atom stereocenters. The van der Waals surface area contributed by atoms with Crippen molar-refractivity contribution in [3.8, 4) is 22.3 Å². The highest BCUT2D eigenvalue weighted by Gasteiger charge is 2.52. The Hall–Kier alpha value is -12.8. The molecule has 0 spiro atoms. The van der Waals surface area contributed by atoms with E-state index < -0.39 is 0 Å². The van der Waals surface area contributed by atoms with E-state index in [0.717, 1.165) is 119 Å². The Kier molecular flexibility index (Phi) is 13.7. The summed E-state index contributed by atoms with van der Waals surface area (Å²) < 4.78 is 0. The predicted molar refractivity (Wildman–Crippen MR) is 415 cm³/mol. The fraction of sp³-hybridized carbons (Fsp3) is 0. The van der Waals surface area contributed by atoms with Gasteiger partial charge in [0.1, 0.15) is 0 Å². The summed E-state index contributed by atoms with van der Waals surface area (Å²) in [6.07, 6.45) is 0. The molecule has 15 aromatic carbocycles. The van der Waals surface area contributed by atoms with E-state index in [1.54, 1.807) is 0 Å². The van der Waals surface area contributed by atoms with Crippen molar-refractivity contribution < 1.29 is 0 Å². The van der Waals surface area contributed by atoms with E-state index in [0.29, 0.717) is 0 Å². The lowest BCUT2D eigenvalue weighted by Gasteiger charge is -2.50. The Morgan fingerprint density at radius 2 is 0.439 bits per heavy atom. The molecule has 0 bridgehead atoms. The van der Waals surface area contributed by atoms with Crippen LogP contribution in [-0.4, -0.2) is 13.4 Å². The first-order valence-electron chi connectivity index (χ1n) is 33.8. The van der Waals surface area contributed by atoms with Crippen LogP contribution in [0.2, 0.25) is 0 Å². The summed E-state index contributed by atoms with van der Waals surface area (Å²) in [7, 11) is 0. The zero-order valence-electron chi connectivity index (χ0n) is 53.6. The number of fused-ring (bicyclic) bond motifs is 8. The number of nitrogens with zero attached hydrogens (tertiary/aromatic N) is 6. The molecular weight excluding hydrogens is 1190 g/mol. The maximum absolute atomic E-state index is 2.66. The number of rotatable bonds is 12. The van der Waals surface area contributed by atoms with Crippen molar-refractivity contribution in [1.82, 2.24) is 0 Å². The smallest absolute Gasteiger partial charge is 0.252 e. The molecule has 4 aliphatic rings. The highest BCUT2D eigenvalue weighted by molar-refractivity contribution is 7.05. The second-order valence-corrected chi connectivity index (χ2v) is 25.5. The van der Waals surface area contributed by atoms with Gasteiger partial charge < -0.3 is 29.4 Å². The summed E-state index contributed by atoms with van der Waals surface area (Å²) in [4.78, 5) is 15.3. The first kappa shape index (κ1) is 56.7. The maximum atomic E-state index is 2.66. The van der Waals surface area contributed by atoms with Crippen LogP contribution in [0.1, 0.15) is 0 Å². The highest BCUT2D eigenvalue weighted by Crippen LogP contribution is 2.57. The molecule has 0 amide bonds. The van der Waals surface area contributed by atoms with Gasteiger partial charge in [0.05, 0.1) is 22.7 Å². The third kappa shape index (κ3) is 9.06. The van der Waals surface area contributed by atoms with Gasteiger partial charge in [-0.2, -0.15) is 0 Å². The minimum atomic E-state index is -0.302. The van der Waals surface area contributed by atoms with Gasteiger partial charge in [-0.05, 0) is 183 Å². The number of para-hydroxylation sites is 10. The third-order valence-corrected chi connectivity index (χ3v) is 20.1. The van der Waals surface area contributed by atoms with Gasteiger partial charge in [0.25, 0.3) is 13.4 Å². The van der Waals surface area contributed by atoms with Crippen molar-refractivity contribution in [2.24, 2.45) is 0 Å². The van der Waals surface area contributed by atoms with E-state index in [2.05, 4.69) is 406 Å². The molecule has 4 aliphatic heterocycles. The van der Waals surface area contributed by atoms with Crippen molar-refractivity contribution in [3.05, 3.63) is 376 Å². The van der Waals surface area contributed by atoms with Gasteiger partial charge in [-0.15, -0.1) is 0 Å². The summed E-state index contributed by atoms with van der Waals surface area (Å²) in [5.74, 6) is 0. The van der Waals surface area contributed by atoms with Crippen molar-refractivity contribution in [2.45, 2.75) is 0 Å². The lowest BCUT2D eigenvalue weighted by Crippen LogP contribution is -2.66. The first-order chi connectivity index (χ1) is 48.7. The van der Waals surface area contributed by atoms with Crippen molar-refractivity contribution in [3.63, 3.8) is 0 Å². The average Bonchev–Trinajstić information content (AvgIpc) is 0.667. The van der Waals surface area contributed by atoms with Gasteiger partial charge in [0.15, 0.2) is 0 Å². The zero-order chi connectivity index (χ0) is 64.6. The van der Waals surface area contributed by atoms with Crippen molar-refractivity contribution in [1.29, 1.82) is 0 Å². The molecule has 0 aliphatic carbocycles. The van der Waals surface area contributed by atoms with Gasteiger partial charge >= 0.3 is 0 Å². The Labute approximate surface area is 572 Å². The van der Waals surface area contributed by atoms with Gasteiger partial charge in [-0.1, -0.05) is 243 Å². The predicted octanol–water partition coefficient (Wildman–Crippen LogP) is 20.1. The van der Waals surface area contributed by atoms with Crippen molar-refractivity contribution >= 4 is 149 Å². The minimum Gasteiger partial charge on any atom is -0.311 e. The third-order valence-electron chi connectivity index (χ3n) is 20.1. The van der Waals surface area contributed by atoms with E-state index in [9.17, 15) is 0 Å². The molecule has 98 heavy (non-hydrogen) atoms. The van der Waals surface area contributed by atoms with Crippen LogP contribution in [0.15, 0.2) is 376 Å². The molecule has 0 N–H and O–H groups in total. The van der Waals surface area contributed by atoms with Crippen LogP contribution >= 0.6 is 0 Å². The van der Waals surface area contributed by atoms with E-state index in [-0.39, 0.29) is 13.4 Å². The molecule has 0 radical (unpaired) electrons. The second kappa shape index (κ2) is 23.6. The Morgan fingerprint density at radius 3 is 0.755 bits per heavy atom. The van der Waals surface area contributed by atoms with Gasteiger partial charge in [0, 0.05) is 85.2 Å². The van der Waals surface area contributed by atoms with Crippen LogP contribution < -0.4 is 62.2 Å². The van der Waals surface area contributed by atoms with Crippen LogP contribution in [0.25, 0.3) is 22.3 Å². The molecule has 8 heteroatoms. The summed E-state index contributed by atoms with van der Waals surface area (Å²) in [5, 5.41) is 0. The Balaban J connectivity index is 1.03. The SMILES string of the molecule is c1ccc(-c2c3c(c(-c4ccccc4)c4c2B2c5ccccc5N(c5ccccc5)c5cc(N(c6ccccc6)c6ccccc6)cc(c52)N4c2ccccc2)N(c2ccccc2)c2cc(N(c4ccccc4)c4ccccc4)cc4c2B3c2ccccc2N4c2ccccc2)cc1. The fourth-order valence-electron chi connectivity index (χ4n) is 16.3. The van der Waals surface area contributed by atoms with Crippen LogP contribution in [0.3, 0.4) is 0 Å². The molecule has 0 saturated heterocycles. The fourth-order valence-corrected chi connectivity index (χ4v) is 16.3. The molecule has 0 saturated carbocycles. The summed E-state index contributed by atoms with van der Waals surface area (Å²) in [6.45, 7) is -0.605. The number of anilines is 18. The summed E-state index contributed by atoms with van der Waals surface area (Å²) in [6, 6.07) is 139. The maximum Gasteiger partial charge on any atom is 0.252 e. The second-order valence-electron chi connectivity index (χ2n) is 25.5. The molecule has 458 valence electrons. The molecule has 19 rings (SSSR count). The summed E-state index contributed by atoms with van der Waals surface area (Å²) >= 11 is 0. The summed E-state index contributed by atoms with van der Waals surface area (Å²) in [5.41, 5.74) is 31.5. The molecular formula is C90H62B2N6. The standard InChI is InChI=1S/C90H62B2N6/c1-11-35-63(36-12-1)83-87-89(97(71-51-27-9-28-52-71)81-61-73(93(65-39-15-3-16-40-65)66-41-17-4-18-42-66)59-79-85(81)91(87)75-55-31-33-57-77(75)95(79)69-47-23-7-24-48-69)84(64-37-13-2-14-38-64)90-88(83)92-76-56-32-34-58-78(76)96(70-49-25-8-26-50-70)80-60-74(62-82(86(80)92)98(90)72-53-29-10-30-54-72)94(67-43-19-5-20-44-67)68-45-21-6-22-46-68/h1-62H. The lowest BCUT2D eigenvalue weighted by atomic mass is 9.28. The van der Waals surface area contributed by atoms with E-state index in [4.69, 9.17) is 0 Å². The number of benzene rings is 15. The molecule has 0 atom stereocenters. The van der Waals surface area contributed by atoms with Crippen LogP contribution in [-0.2, 0) is 0 Å². The average molecular weight is 1250 g/mol. The quantitative estimate of drug-likeness (QED) is 0.113. The minimum absolute atomic E-state index is 0.302. The van der Waals surface area contributed by atoms with Gasteiger partial charge in [-0.25, -0.2) is 0 Å². The van der Waals surface area contributed by atoms with E-state index in [1.807, 2.05) is 0 Å². The van der Waals surface area contributed by atoms with Gasteiger partial charge in [0.2, 0.25) is 0 Å². The lowest BCUT2D eigenvalue weighted by molar-refractivity contribution is 1.21. The zero-order valence-corrected chi connectivity index (χ0v) is 53.6. The Morgan fingerprint density at radius 1 is 0.194 bits per heavy atom. The van der Waals surface area contributed by atoms with Crippen LogP contribution in [0.5, 0.6) is 0 Å².